The van der Waals surface area contributed by atoms with E-state index in [4.69, 9.17) is 4.98 Å². The minimum absolute atomic E-state index is 0.0603. The second-order valence-corrected chi connectivity index (χ2v) is 6.47. The molecule has 3 heterocycles. The molecule has 0 fully saturated rings. The first-order valence-electron chi connectivity index (χ1n) is 8.28. The van der Waals surface area contributed by atoms with Crippen molar-refractivity contribution in [1.82, 2.24) is 19.4 Å². The summed E-state index contributed by atoms with van der Waals surface area (Å²) in [6.07, 6.45) is 2.56. The smallest absolute Gasteiger partial charge is 0.261 e. The second-order valence-electron chi connectivity index (χ2n) is 6.47. The maximum atomic E-state index is 12.9. The summed E-state index contributed by atoms with van der Waals surface area (Å²) in [6.45, 7) is 3.74. The summed E-state index contributed by atoms with van der Waals surface area (Å²) in [5.74, 6) is 0.877. The van der Waals surface area contributed by atoms with E-state index in [1.165, 1.54) is 0 Å². The number of hydrogen-bond donors (Lipinski definition) is 0. The molecule has 24 heavy (non-hydrogen) atoms. The third kappa shape index (κ3) is 2.51. The van der Waals surface area contributed by atoms with E-state index in [2.05, 4.69) is 23.9 Å². The van der Waals surface area contributed by atoms with Gasteiger partial charge in [-0.1, -0.05) is 12.1 Å². The number of benzene rings is 1. The summed E-state index contributed by atoms with van der Waals surface area (Å²) >= 11 is 0. The van der Waals surface area contributed by atoms with Gasteiger partial charge in [-0.2, -0.15) is 0 Å². The lowest BCUT2D eigenvalue weighted by Crippen LogP contribution is -2.30. The minimum atomic E-state index is 0.0603. The Hall–Kier alpha value is -2.53. The molecule has 0 spiro atoms. The Morgan fingerprint density at radius 2 is 2.04 bits per heavy atom. The zero-order chi connectivity index (χ0) is 16.7. The molecule has 1 aromatic carbocycles. The van der Waals surface area contributed by atoms with Gasteiger partial charge in [-0.3, -0.25) is 14.3 Å². The SMILES string of the molecule is CC1Cc2nc3cc(-c4ccccn4)ccc3c(=O)n2CCN1C. The number of pyridine rings is 1. The first-order chi connectivity index (χ1) is 11.6. The average molecular weight is 320 g/mol. The van der Waals surface area contributed by atoms with Gasteiger partial charge in [-0.05, 0) is 38.2 Å². The molecule has 5 nitrogen and oxygen atoms in total. The summed E-state index contributed by atoms with van der Waals surface area (Å²) in [5.41, 5.74) is 2.69. The van der Waals surface area contributed by atoms with Gasteiger partial charge in [-0.15, -0.1) is 0 Å². The van der Waals surface area contributed by atoms with Crippen LogP contribution in [0.3, 0.4) is 0 Å². The van der Waals surface area contributed by atoms with Crippen LogP contribution in [0, 0.1) is 0 Å². The number of nitrogens with zero attached hydrogens (tertiary/aromatic N) is 4. The molecule has 3 aromatic rings. The molecule has 1 atom stereocenters. The molecule has 2 aromatic heterocycles. The van der Waals surface area contributed by atoms with Crippen molar-refractivity contribution >= 4 is 10.9 Å². The summed E-state index contributed by atoms with van der Waals surface area (Å²) in [6, 6.07) is 12.0. The average Bonchev–Trinajstić information content (AvgIpc) is 2.74. The van der Waals surface area contributed by atoms with Crippen molar-refractivity contribution in [2.75, 3.05) is 13.6 Å². The van der Waals surface area contributed by atoms with Crippen molar-refractivity contribution in [3.8, 4) is 11.3 Å². The number of aromatic nitrogens is 3. The van der Waals surface area contributed by atoms with E-state index in [9.17, 15) is 4.79 Å². The van der Waals surface area contributed by atoms with E-state index >= 15 is 0 Å². The van der Waals surface area contributed by atoms with E-state index in [1.807, 2.05) is 41.0 Å². The second kappa shape index (κ2) is 5.83. The van der Waals surface area contributed by atoms with Crippen LogP contribution in [-0.2, 0) is 13.0 Å². The fourth-order valence-electron chi connectivity index (χ4n) is 3.24. The molecule has 0 saturated carbocycles. The fraction of sp³-hybridized carbons (Fsp3) is 0.316. The molecule has 1 aliphatic rings. The first kappa shape index (κ1) is 15.0. The van der Waals surface area contributed by atoms with Gasteiger partial charge in [0.05, 0.1) is 16.6 Å². The van der Waals surface area contributed by atoms with Crippen molar-refractivity contribution in [2.24, 2.45) is 0 Å². The van der Waals surface area contributed by atoms with Gasteiger partial charge in [0, 0.05) is 37.3 Å². The Balaban J connectivity index is 1.89. The lowest BCUT2D eigenvalue weighted by Gasteiger charge is -2.20. The maximum Gasteiger partial charge on any atom is 0.261 e. The normalized spacial score (nSPS) is 18.3. The molecule has 4 rings (SSSR count). The van der Waals surface area contributed by atoms with Gasteiger partial charge < -0.3 is 4.90 Å². The van der Waals surface area contributed by atoms with Gasteiger partial charge in [0.1, 0.15) is 5.82 Å². The monoisotopic (exact) mass is 320 g/mol. The van der Waals surface area contributed by atoms with Crippen LogP contribution in [0.4, 0.5) is 0 Å². The van der Waals surface area contributed by atoms with Crippen LogP contribution in [0.1, 0.15) is 12.7 Å². The zero-order valence-corrected chi connectivity index (χ0v) is 13.9. The van der Waals surface area contributed by atoms with Crippen molar-refractivity contribution in [3.63, 3.8) is 0 Å². The van der Waals surface area contributed by atoms with Crippen LogP contribution >= 0.6 is 0 Å². The van der Waals surface area contributed by atoms with Gasteiger partial charge in [0.25, 0.3) is 5.56 Å². The lowest BCUT2D eigenvalue weighted by molar-refractivity contribution is 0.262. The molecule has 0 N–H and O–H groups in total. The lowest BCUT2D eigenvalue weighted by atomic mass is 10.1. The molecule has 0 bridgehead atoms. The molecule has 122 valence electrons. The quantitative estimate of drug-likeness (QED) is 0.690. The fourth-order valence-corrected chi connectivity index (χ4v) is 3.24. The van der Waals surface area contributed by atoms with E-state index in [0.29, 0.717) is 18.0 Å². The van der Waals surface area contributed by atoms with Crippen molar-refractivity contribution in [1.29, 1.82) is 0 Å². The molecule has 0 saturated heterocycles. The van der Waals surface area contributed by atoms with Gasteiger partial charge >= 0.3 is 0 Å². The van der Waals surface area contributed by atoms with Gasteiger partial charge in [0.2, 0.25) is 0 Å². The Bertz CT molecular complexity index is 949. The molecule has 0 amide bonds. The summed E-state index contributed by atoms with van der Waals surface area (Å²) in [7, 11) is 2.10. The van der Waals surface area contributed by atoms with E-state index in [1.54, 1.807) is 6.20 Å². The maximum absolute atomic E-state index is 12.9. The molecule has 0 aliphatic carbocycles. The van der Waals surface area contributed by atoms with Crippen LogP contribution in [0.2, 0.25) is 0 Å². The zero-order valence-electron chi connectivity index (χ0n) is 13.9. The Labute approximate surface area is 140 Å². The minimum Gasteiger partial charge on any atom is -0.301 e. The molecular weight excluding hydrogens is 300 g/mol. The molecule has 0 radical (unpaired) electrons. The number of fused-ring (bicyclic) bond motifs is 2. The van der Waals surface area contributed by atoms with Crippen LogP contribution in [0.25, 0.3) is 22.2 Å². The molecular formula is C19H20N4O. The van der Waals surface area contributed by atoms with Crippen LogP contribution < -0.4 is 5.56 Å². The Morgan fingerprint density at radius 3 is 2.83 bits per heavy atom. The Kier molecular flexibility index (Phi) is 3.65. The highest BCUT2D eigenvalue weighted by Crippen LogP contribution is 2.21. The highest BCUT2D eigenvalue weighted by molar-refractivity contribution is 5.83. The van der Waals surface area contributed by atoms with Crippen LogP contribution in [0.15, 0.2) is 47.4 Å². The summed E-state index contributed by atoms with van der Waals surface area (Å²) in [4.78, 5) is 24.4. The van der Waals surface area contributed by atoms with Crippen molar-refractivity contribution in [2.45, 2.75) is 25.9 Å². The topological polar surface area (TPSA) is 51.0 Å². The van der Waals surface area contributed by atoms with Crippen LogP contribution in [-0.4, -0.2) is 39.1 Å². The first-order valence-corrected chi connectivity index (χ1v) is 8.28. The third-order valence-electron chi connectivity index (χ3n) is 4.90. The van der Waals surface area contributed by atoms with Crippen molar-refractivity contribution in [3.05, 3.63) is 58.8 Å². The largest absolute Gasteiger partial charge is 0.301 e. The van der Waals surface area contributed by atoms with Crippen LogP contribution in [0.5, 0.6) is 0 Å². The summed E-state index contributed by atoms with van der Waals surface area (Å²) < 4.78 is 1.84. The highest BCUT2D eigenvalue weighted by Gasteiger charge is 2.20. The Morgan fingerprint density at radius 1 is 1.17 bits per heavy atom. The van der Waals surface area contributed by atoms with Gasteiger partial charge in [-0.25, -0.2) is 4.98 Å². The number of rotatable bonds is 1. The van der Waals surface area contributed by atoms with Crippen molar-refractivity contribution < 1.29 is 0 Å². The number of likely N-dealkylation sites (N-methyl/N-ethyl adjacent to an activating group) is 1. The number of hydrogen-bond acceptors (Lipinski definition) is 4. The standard InChI is InChI=1S/C19H20N4O/c1-13-11-18-21-17-12-14(16-5-3-4-8-20-16)6-7-15(17)19(24)23(18)10-9-22(13)2/h3-8,12-13H,9-11H2,1-2H3. The predicted molar refractivity (Wildman–Crippen MR) is 95.0 cm³/mol. The van der Waals surface area contributed by atoms with Gasteiger partial charge in [0.15, 0.2) is 0 Å². The summed E-state index contributed by atoms with van der Waals surface area (Å²) in [5, 5.41) is 0.677. The third-order valence-corrected chi connectivity index (χ3v) is 4.90. The highest BCUT2D eigenvalue weighted by atomic mass is 16.1. The molecule has 1 unspecified atom stereocenters. The van der Waals surface area contributed by atoms with E-state index in [-0.39, 0.29) is 5.56 Å². The molecule has 5 heteroatoms. The van der Waals surface area contributed by atoms with E-state index < -0.39 is 0 Å². The molecule has 1 aliphatic heterocycles. The van der Waals surface area contributed by atoms with E-state index in [0.717, 1.165) is 35.6 Å². The predicted octanol–water partition coefficient (Wildman–Crippen LogP) is 2.33.